The van der Waals surface area contributed by atoms with Gasteiger partial charge in [0.15, 0.2) is 6.10 Å². The Kier molecular flexibility index (Phi) is 7.76. The van der Waals surface area contributed by atoms with Crippen LogP contribution in [-0.2, 0) is 38.1 Å². The molecule has 1 aliphatic heterocycles. The number of esters is 4. The Bertz CT molecular complexity index is 572. The molecule has 24 heavy (non-hydrogen) atoms. The van der Waals surface area contributed by atoms with Crippen molar-refractivity contribution in [1.29, 1.82) is 0 Å². The van der Waals surface area contributed by atoms with Crippen LogP contribution in [0.25, 0.3) is 0 Å². The Morgan fingerprint density at radius 2 is 1.38 bits per heavy atom. The minimum atomic E-state index is -0.787. The van der Waals surface area contributed by atoms with Crippen LogP contribution in [-0.4, -0.2) is 62.3 Å². The highest BCUT2D eigenvalue weighted by molar-refractivity contribution is 5.92. The zero-order valence-corrected chi connectivity index (χ0v) is 13.2. The van der Waals surface area contributed by atoms with Crippen molar-refractivity contribution in [2.24, 2.45) is 0 Å². The summed E-state index contributed by atoms with van der Waals surface area (Å²) in [5.41, 5.74) is 0. The highest BCUT2D eigenvalue weighted by atomic mass is 16.6. The summed E-state index contributed by atoms with van der Waals surface area (Å²) in [6, 6.07) is 0. The fraction of sp³-hybridized carbons (Fsp3) is 0.333. The lowest BCUT2D eigenvalue weighted by atomic mass is 10.3. The molecule has 0 fully saturated rings. The van der Waals surface area contributed by atoms with Gasteiger partial charge in [0.1, 0.15) is 6.61 Å². The zero-order chi connectivity index (χ0) is 17.9. The summed E-state index contributed by atoms with van der Waals surface area (Å²) in [6.07, 6.45) is 6.36. The van der Waals surface area contributed by atoms with E-state index >= 15 is 0 Å². The van der Waals surface area contributed by atoms with Crippen molar-refractivity contribution >= 4 is 23.9 Å². The van der Waals surface area contributed by atoms with E-state index in [0.29, 0.717) is 0 Å². The molecule has 1 heterocycles. The number of rotatable bonds is 9. The second-order valence-electron chi connectivity index (χ2n) is 4.40. The van der Waals surface area contributed by atoms with Crippen molar-refractivity contribution in [3.63, 3.8) is 0 Å². The Balaban J connectivity index is 2.47. The maximum atomic E-state index is 11.6. The standard InChI is InChI=1S/C15H17NO8/c1-21-12(17)3-5-14(19)23-10-11(9-16-7-8-16)24-15(20)6-4-13(18)22-2/h3-8,11H,9-10H2,1-2H3/b5-3+,6-4+. The van der Waals surface area contributed by atoms with Crippen molar-refractivity contribution in [3.05, 3.63) is 36.7 Å². The van der Waals surface area contributed by atoms with Crippen LogP contribution < -0.4 is 0 Å². The van der Waals surface area contributed by atoms with Crippen LogP contribution in [0, 0.1) is 0 Å². The van der Waals surface area contributed by atoms with Gasteiger partial charge in [0.05, 0.1) is 20.8 Å². The molecular formula is C15H17NO8. The van der Waals surface area contributed by atoms with Crippen LogP contribution >= 0.6 is 0 Å². The fourth-order valence-corrected chi connectivity index (χ4v) is 1.36. The van der Waals surface area contributed by atoms with E-state index < -0.39 is 30.0 Å². The first-order valence-corrected chi connectivity index (χ1v) is 6.78. The molecule has 0 spiro atoms. The molecule has 1 rings (SSSR count). The molecule has 0 bridgehead atoms. The van der Waals surface area contributed by atoms with Gasteiger partial charge in [-0.05, 0) is 0 Å². The van der Waals surface area contributed by atoms with E-state index in [2.05, 4.69) is 9.47 Å². The number of carbonyl (C=O) groups is 4. The molecule has 0 aliphatic carbocycles. The first kappa shape index (κ1) is 18.9. The zero-order valence-electron chi connectivity index (χ0n) is 13.2. The van der Waals surface area contributed by atoms with E-state index in [1.807, 2.05) is 0 Å². The van der Waals surface area contributed by atoms with Gasteiger partial charge in [-0.2, -0.15) is 0 Å². The SMILES string of the molecule is COC(=O)/C=C/C(=O)OCC(CN1C=C1)OC(=O)/C=C/C(=O)OC. The molecule has 9 nitrogen and oxygen atoms in total. The molecular weight excluding hydrogens is 322 g/mol. The maximum Gasteiger partial charge on any atom is 0.331 e. The summed E-state index contributed by atoms with van der Waals surface area (Å²) in [4.78, 5) is 46.5. The molecule has 1 unspecified atom stereocenters. The lowest BCUT2D eigenvalue weighted by Crippen LogP contribution is -2.31. The summed E-state index contributed by atoms with van der Waals surface area (Å²) in [5, 5.41) is 0. The van der Waals surface area contributed by atoms with Crippen molar-refractivity contribution in [1.82, 2.24) is 4.90 Å². The molecule has 0 saturated heterocycles. The Morgan fingerprint density at radius 1 is 0.875 bits per heavy atom. The lowest BCUT2D eigenvalue weighted by molar-refractivity contribution is -0.153. The first-order valence-electron chi connectivity index (χ1n) is 6.78. The van der Waals surface area contributed by atoms with Crippen LogP contribution in [0.4, 0.5) is 0 Å². The van der Waals surface area contributed by atoms with Crippen LogP contribution in [0.15, 0.2) is 36.7 Å². The lowest BCUT2D eigenvalue weighted by Gasteiger charge is -2.17. The van der Waals surface area contributed by atoms with Crippen LogP contribution in [0.5, 0.6) is 0 Å². The summed E-state index contributed by atoms with van der Waals surface area (Å²) >= 11 is 0. The quantitative estimate of drug-likeness (QED) is 0.317. The van der Waals surface area contributed by atoms with Crippen LogP contribution in [0.1, 0.15) is 0 Å². The van der Waals surface area contributed by atoms with E-state index in [1.54, 1.807) is 17.3 Å². The van der Waals surface area contributed by atoms with Gasteiger partial charge in [0.25, 0.3) is 0 Å². The predicted molar refractivity (Wildman–Crippen MR) is 79.0 cm³/mol. The van der Waals surface area contributed by atoms with E-state index in [4.69, 9.17) is 9.47 Å². The number of hydrogen-bond donors (Lipinski definition) is 0. The molecule has 0 saturated carbocycles. The van der Waals surface area contributed by atoms with Gasteiger partial charge in [-0.1, -0.05) is 0 Å². The molecule has 1 atom stereocenters. The van der Waals surface area contributed by atoms with Gasteiger partial charge in [-0.3, -0.25) is 0 Å². The molecule has 9 heteroatoms. The minimum Gasteiger partial charge on any atom is -0.466 e. The van der Waals surface area contributed by atoms with Crippen molar-refractivity contribution < 1.29 is 38.1 Å². The van der Waals surface area contributed by atoms with E-state index in [0.717, 1.165) is 24.3 Å². The summed E-state index contributed by atoms with van der Waals surface area (Å²) < 4.78 is 18.7. The van der Waals surface area contributed by atoms with E-state index in [-0.39, 0.29) is 13.2 Å². The first-order chi connectivity index (χ1) is 11.4. The van der Waals surface area contributed by atoms with Gasteiger partial charge >= 0.3 is 23.9 Å². The summed E-state index contributed by atoms with van der Waals surface area (Å²) in [5.74, 6) is -2.97. The van der Waals surface area contributed by atoms with Crippen molar-refractivity contribution in [2.45, 2.75) is 6.10 Å². The normalized spacial score (nSPS) is 13.7. The number of ether oxygens (including phenoxy) is 4. The number of carbonyl (C=O) groups excluding carboxylic acids is 4. The van der Waals surface area contributed by atoms with Gasteiger partial charge in [-0.25, -0.2) is 19.2 Å². The van der Waals surface area contributed by atoms with Gasteiger partial charge < -0.3 is 23.8 Å². The Morgan fingerprint density at radius 3 is 1.88 bits per heavy atom. The van der Waals surface area contributed by atoms with Crippen LogP contribution in [0.2, 0.25) is 0 Å². The third-order valence-electron chi connectivity index (χ3n) is 2.58. The molecule has 0 radical (unpaired) electrons. The molecule has 1 aliphatic rings. The minimum absolute atomic E-state index is 0.222. The predicted octanol–water partition coefficient (Wildman–Crippen LogP) is -0.313. The van der Waals surface area contributed by atoms with Gasteiger partial charge in [0, 0.05) is 36.7 Å². The number of hydrogen-bond acceptors (Lipinski definition) is 9. The summed E-state index contributed by atoms with van der Waals surface area (Å²) in [6.45, 7) is 0.0616. The third kappa shape index (κ3) is 8.37. The molecule has 0 aromatic rings. The second-order valence-corrected chi connectivity index (χ2v) is 4.40. The fourth-order valence-electron chi connectivity index (χ4n) is 1.36. The van der Waals surface area contributed by atoms with Gasteiger partial charge in [-0.15, -0.1) is 0 Å². The molecule has 0 aromatic carbocycles. The second kappa shape index (κ2) is 9.82. The van der Waals surface area contributed by atoms with E-state index in [1.165, 1.54) is 14.2 Å². The monoisotopic (exact) mass is 339 g/mol. The molecule has 0 amide bonds. The maximum absolute atomic E-state index is 11.6. The topological polar surface area (TPSA) is 108 Å². The third-order valence-corrected chi connectivity index (χ3v) is 2.58. The van der Waals surface area contributed by atoms with Crippen molar-refractivity contribution in [3.8, 4) is 0 Å². The highest BCUT2D eigenvalue weighted by Gasteiger charge is 2.20. The van der Waals surface area contributed by atoms with Crippen LogP contribution in [0.3, 0.4) is 0 Å². The number of methoxy groups -OCH3 is 2. The Labute approximate surface area is 138 Å². The average Bonchev–Trinajstić information content (AvgIpc) is 3.39. The largest absolute Gasteiger partial charge is 0.466 e. The molecule has 0 N–H and O–H groups in total. The molecule has 130 valence electrons. The van der Waals surface area contributed by atoms with Crippen molar-refractivity contribution in [2.75, 3.05) is 27.4 Å². The number of nitrogens with zero attached hydrogens (tertiary/aromatic N) is 1. The average molecular weight is 339 g/mol. The van der Waals surface area contributed by atoms with Gasteiger partial charge in [0.2, 0.25) is 0 Å². The molecule has 0 aromatic heterocycles. The summed E-state index contributed by atoms with van der Waals surface area (Å²) in [7, 11) is 2.35. The van der Waals surface area contributed by atoms with E-state index in [9.17, 15) is 19.2 Å². The smallest absolute Gasteiger partial charge is 0.331 e. The Hall–Kier alpha value is -3.10. The highest BCUT2D eigenvalue weighted by Crippen LogP contribution is 2.10.